The van der Waals surface area contributed by atoms with E-state index in [0.717, 1.165) is 27.2 Å². The molecule has 0 unspecified atom stereocenters. The number of thioether (sulfide) groups is 1. The van der Waals surface area contributed by atoms with E-state index in [1.165, 1.54) is 12.1 Å². The number of pyridine rings is 1. The van der Waals surface area contributed by atoms with Crippen molar-refractivity contribution in [3.63, 3.8) is 0 Å². The maximum Gasteiger partial charge on any atom is 0.191 e. The minimum Gasteiger partial charge on any atom is -0.305 e. The summed E-state index contributed by atoms with van der Waals surface area (Å²) in [6.45, 7) is 0. The first kappa shape index (κ1) is 17.0. The number of benzene rings is 2. The highest BCUT2D eigenvalue weighted by Crippen LogP contribution is 2.30. The van der Waals surface area contributed by atoms with Gasteiger partial charge >= 0.3 is 0 Å². The molecule has 7 heteroatoms. The van der Waals surface area contributed by atoms with Crippen molar-refractivity contribution >= 4 is 34.3 Å². The van der Waals surface area contributed by atoms with E-state index in [0.29, 0.717) is 16.6 Å². The number of hydrogen-bond donors (Lipinski definition) is 0. The Morgan fingerprint density at radius 1 is 1.08 bits per heavy atom. The minimum absolute atomic E-state index is 0.271. The Balaban J connectivity index is 1.60. The first-order valence-electron chi connectivity index (χ1n) is 7.94. The summed E-state index contributed by atoms with van der Waals surface area (Å²) in [5, 5.41) is 10.9. The highest BCUT2D eigenvalue weighted by molar-refractivity contribution is 7.98. The van der Waals surface area contributed by atoms with Crippen LogP contribution < -0.4 is 0 Å². The Morgan fingerprint density at radius 3 is 2.69 bits per heavy atom. The molecule has 0 spiro atoms. The molecule has 4 rings (SSSR count). The number of nitrogens with zero attached hydrogens (tertiary/aromatic N) is 4. The average Bonchev–Trinajstić information content (AvgIpc) is 3.03. The molecule has 0 fully saturated rings. The van der Waals surface area contributed by atoms with Crippen molar-refractivity contribution in [1.29, 1.82) is 0 Å². The molecule has 4 aromatic rings. The second kappa shape index (κ2) is 7.05. The second-order valence-electron chi connectivity index (χ2n) is 5.77. The first-order chi connectivity index (χ1) is 12.6. The zero-order chi connectivity index (χ0) is 18.1. The van der Waals surface area contributed by atoms with Gasteiger partial charge in [0.05, 0.1) is 5.52 Å². The topological polar surface area (TPSA) is 43.6 Å². The summed E-state index contributed by atoms with van der Waals surface area (Å²) >= 11 is 7.83. The van der Waals surface area contributed by atoms with Gasteiger partial charge < -0.3 is 4.57 Å². The fourth-order valence-corrected chi connectivity index (χ4v) is 3.86. The summed E-state index contributed by atoms with van der Waals surface area (Å²) in [4.78, 5) is 4.46. The molecule has 2 aromatic heterocycles. The lowest BCUT2D eigenvalue weighted by Crippen LogP contribution is -1.95. The molecule has 2 heterocycles. The lowest BCUT2D eigenvalue weighted by molar-refractivity contribution is 0.628. The first-order valence-corrected chi connectivity index (χ1v) is 9.30. The minimum atomic E-state index is -0.271. The molecule has 0 amide bonds. The zero-order valence-corrected chi connectivity index (χ0v) is 15.4. The molecule has 0 saturated carbocycles. The van der Waals surface area contributed by atoms with Gasteiger partial charge in [-0.05, 0) is 48.0 Å². The van der Waals surface area contributed by atoms with Crippen LogP contribution >= 0.6 is 23.4 Å². The third-order valence-corrected chi connectivity index (χ3v) is 5.49. The third-order valence-electron chi connectivity index (χ3n) is 4.09. The van der Waals surface area contributed by atoms with Crippen LogP contribution in [0.2, 0.25) is 5.02 Å². The van der Waals surface area contributed by atoms with Gasteiger partial charge in [-0.3, -0.25) is 4.98 Å². The van der Waals surface area contributed by atoms with Gasteiger partial charge in [-0.1, -0.05) is 29.4 Å². The number of halogens is 2. The summed E-state index contributed by atoms with van der Waals surface area (Å²) < 4.78 is 15.0. The maximum atomic E-state index is 13.1. The Hall–Kier alpha value is -2.44. The van der Waals surface area contributed by atoms with Crippen LogP contribution in [-0.4, -0.2) is 19.7 Å². The van der Waals surface area contributed by atoms with Crippen molar-refractivity contribution < 1.29 is 4.39 Å². The standard InChI is InChI=1S/C19H14ClFN4S/c1-25-18(12-4-7-14(21)8-5-12)23-24-19(25)26-11-13-6-9-16(20)15-3-2-10-22-17(13)15/h2-10H,11H2,1H3. The normalized spacial score (nSPS) is 11.2. The predicted molar refractivity (Wildman–Crippen MR) is 103 cm³/mol. The maximum absolute atomic E-state index is 13.1. The van der Waals surface area contributed by atoms with Crippen molar-refractivity contribution in [2.24, 2.45) is 7.05 Å². The van der Waals surface area contributed by atoms with Crippen LogP contribution in [0, 0.1) is 5.82 Å². The summed E-state index contributed by atoms with van der Waals surface area (Å²) in [6.07, 6.45) is 1.77. The fourth-order valence-electron chi connectivity index (χ4n) is 2.75. The van der Waals surface area contributed by atoms with Crippen molar-refractivity contribution in [1.82, 2.24) is 19.7 Å². The van der Waals surface area contributed by atoms with Crippen LogP contribution in [0.15, 0.2) is 59.9 Å². The largest absolute Gasteiger partial charge is 0.305 e. The molecule has 0 N–H and O–H groups in total. The molecule has 0 atom stereocenters. The van der Waals surface area contributed by atoms with E-state index in [9.17, 15) is 4.39 Å². The van der Waals surface area contributed by atoms with Crippen LogP contribution in [0.1, 0.15) is 5.56 Å². The van der Waals surface area contributed by atoms with Crippen LogP contribution in [0.25, 0.3) is 22.3 Å². The van der Waals surface area contributed by atoms with Gasteiger partial charge in [0.1, 0.15) is 5.82 Å². The van der Waals surface area contributed by atoms with Crippen molar-refractivity contribution in [2.75, 3.05) is 0 Å². The van der Waals surface area contributed by atoms with Gasteiger partial charge in [0, 0.05) is 35.0 Å². The average molecular weight is 385 g/mol. The molecule has 0 saturated heterocycles. The third kappa shape index (κ3) is 3.18. The van der Waals surface area contributed by atoms with E-state index in [1.807, 2.05) is 35.9 Å². The number of fused-ring (bicyclic) bond motifs is 1. The zero-order valence-electron chi connectivity index (χ0n) is 13.9. The van der Waals surface area contributed by atoms with E-state index in [4.69, 9.17) is 11.6 Å². The van der Waals surface area contributed by atoms with Crippen LogP contribution in [0.5, 0.6) is 0 Å². The second-order valence-corrected chi connectivity index (χ2v) is 7.12. The van der Waals surface area contributed by atoms with Crippen molar-refractivity contribution in [3.05, 3.63) is 71.1 Å². The quantitative estimate of drug-likeness (QED) is 0.458. The van der Waals surface area contributed by atoms with Gasteiger partial charge in [-0.15, -0.1) is 10.2 Å². The Morgan fingerprint density at radius 2 is 1.88 bits per heavy atom. The monoisotopic (exact) mass is 384 g/mol. The Labute approximate surface area is 159 Å². The Bertz CT molecular complexity index is 1080. The highest BCUT2D eigenvalue weighted by atomic mass is 35.5. The lowest BCUT2D eigenvalue weighted by atomic mass is 10.1. The molecule has 0 bridgehead atoms. The Kier molecular flexibility index (Phi) is 4.61. The predicted octanol–water partition coefficient (Wildman–Crippen LogP) is 5.12. The van der Waals surface area contributed by atoms with Crippen LogP contribution in [-0.2, 0) is 12.8 Å². The summed E-state index contributed by atoms with van der Waals surface area (Å²) in [7, 11) is 1.90. The van der Waals surface area contributed by atoms with Gasteiger partial charge in [-0.25, -0.2) is 4.39 Å². The highest BCUT2D eigenvalue weighted by Gasteiger charge is 2.13. The fraction of sp³-hybridized carbons (Fsp3) is 0.105. The molecular formula is C19H14ClFN4S. The van der Waals surface area contributed by atoms with Gasteiger partial charge in [0.25, 0.3) is 0 Å². The molecule has 130 valence electrons. The van der Waals surface area contributed by atoms with Gasteiger partial charge in [0.15, 0.2) is 11.0 Å². The summed E-state index contributed by atoms with van der Waals surface area (Å²) in [5.41, 5.74) is 2.81. The lowest BCUT2D eigenvalue weighted by Gasteiger charge is -2.07. The molecule has 0 aliphatic heterocycles. The van der Waals surface area contributed by atoms with E-state index < -0.39 is 0 Å². The molecule has 0 aliphatic rings. The van der Waals surface area contributed by atoms with Crippen molar-refractivity contribution in [3.8, 4) is 11.4 Å². The molecular weight excluding hydrogens is 371 g/mol. The smallest absolute Gasteiger partial charge is 0.191 e. The number of aromatic nitrogens is 4. The summed E-state index contributed by atoms with van der Waals surface area (Å²) in [5.74, 6) is 1.12. The molecule has 2 aromatic carbocycles. The van der Waals surface area contributed by atoms with E-state index >= 15 is 0 Å². The van der Waals surface area contributed by atoms with E-state index in [1.54, 1.807) is 30.1 Å². The van der Waals surface area contributed by atoms with Crippen LogP contribution in [0.4, 0.5) is 4.39 Å². The number of hydrogen-bond acceptors (Lipinski definition) is 4. The van der Waals surface area contributed by atoms with Gasteiger partial charge in [-0.2, -0.15) is 0 Å². The SMILES string of the molecule is Cn1c(SCc2ccc(Cl)c3cccnc23)nnc1-c1ccc(F)cc1. The van der Waals surface area contributed by atoms with Crippen molar-refractivity contribution in [2.45, 2.75) is 10.9 Å². The molecule has 4 nitrogen and oxygen atoms in total. The molecule has 0 radical (unpaired) electrons. The summed E-state index contributed by atoms with van der Waals surface area (Å²) in [6, 6.07) is 14.0. The number of rotatable bonds is 4. The van der Waals surface area contributed by atoms with Crippen LogP contribution in [0.3, 0.4) is 0 Å². The molecule has 0 aliphatic carbocycles. The molecule has 26 heavy (non-hydrogen) atoms. The van der Waals surface area contributed by atoms with E-state index in [-0.39, 0.29) is 5.82 Å². The van der Waals surface area contributed by atoms with Gasteiger partial charge in [0.2, 0.25) is 0 Å². The van der Waals surface area contributed by atoms with E-state index in [2.05, 4.69) is 15.2 Å².